The van der Waals surface area contributed by atoms with Gasteiger partial charge in [-0.3, -0.25) is 0 Å². The van der Waals surface area contributed by atoms with Crippen molar-refractivity contribution in [2.45, 2.75) is 26.2 Å². The maximum Gasteiger partial charge on any atom is 0.0992 e. The lowest BCUT2D eigenvalue weighted by molar-refractivity contribution is 0.744. The number of hydrogen-bond acceptors (Lipinski definition) is 3. The summed E-state index contributed by atoms with van der Waals surface area (Å²) in [4.78, 5) is 0. The molecule has 0 amide bonds. The van der Waals surface area contributed by atoms with Gasteiger partial charge in [-0.2, -0.15) is 5.26 Å². The summed E-state index contributed by atoms with van der Waals surface area (Å²) in [6, 6.07) is 7.39. The molecule has 3 heteroatoms. The number of benzene rings is 1. The first kappa shape index (κ1) is 11.4. The lowest BCUT2D eigenvalue weighted by atomic mass is 10.2. The van der Waals surface area contributed by atoms with E-state index in [9.17, 15) is 0 Å². The minimum Gasteiger partial charge on any atom is -0.397 e. The Morgan fingerprint density at radius 2 is 2.20 bits per heavy atom. The average Bonchev–Trinajstić information content (AvgIpc) is 2.26. The van der Waals surface area contributed by atoms with Gasteiger partial charge >= 0.3 is 0 Å². The Morgan fingerprint density at radius 1 is 1.40 bits per heavy atom. The van der Waals surface area contributed by atoms with Crippen molar-refractivity contribution in [3.05, 3.63) is 23.8 Å². The number of unbranched alkanes of at least 4 members (excludes halogenated alkanes) is 2. The molecule has 0 radical (unpaired) electrons. The van der Waals surface area contributed by atoms with Crippen LogP contribution in [0.5, 0.6) is 0 Å². The van der Waals surface area contributed by atoms with E-state index in [2.05, 4.69) is 18.3 Å². The van der Waals surface area contributed by atoms with Gasteiger partial charge in [0.1, 0.15) is 0 Å². The SMILES string of the molecule is CCCCCNc1cc(C#N)ccc1N. The predicted octanol–water partition coefficient (Wildman–Crippen LogP) is 2.74. The van der Waals surface area contributed by atoms with Crippen molar-refractivity contribution in [3.63, 3.8) is 0 Å². The van der Waals surface area contributed by atoms with Crippen LogP contribution in [0, 0.1) is 11.3 Å². The van der Waals surface area contributed by atoms with Crippen molar-refractivity contribution in [1.29, 1.82) is 5.26 Å². The maximum atomic E-state index is 8.74. The summed E-state index contributed by atoms with van der Waals surface area (Å²) in [6.45, 7) is 3.08. The number of hydrogen-bond donors (Lipinski definition) is 2. The fourth-order valence-corrected chi connectivity index (χ4v) is 1.38. The standard InChI is InChI=1S/C12H17N3/c1-2-3-4-7-15-12-8-10(9-13)5-6-11(12)14/h5-6,8,15H,2-4,7,14H2,1H3. The molecule has 0 aliphatic carbocycles. The lowest BCUT2D eigenvalue weighted by Crippen LogP contribution is -2.04. The molecule has 1 aromatic carbocycles. The average molecular weight is 203 g/mol. The van der Waals surface area contributed by atoms with Crippen molar-refractivity contribution in [3.8, 4) is 6.07 Å². The van der Waals surface area contributed by atoms with Gasteiger partial charge in [0.05, 0.1) is 23.0 Å². The fraction of sp³-hybridized carbons (Fsp3) is 0.417. The van der Waals surface area contributed by atoms with Crippen molar-refractivity contribution >= 4 is 11.4 Å². The second-order valence-corrected chi connectivity index (χ2v) is 3.55. The van der Waals surface area contributed by atoms with Crippen molar-refractivity contribution in [1.82, 2.24) is 0 Å². The Hall–Kier alpha value is -1.69. The predicted molar refractivity (Wildman–Crippen MR) is 63.6 cm³/mol. The van der Waals surface area contributed by atoms with E-state index in [-0.39, 0.29) is 0 Å². The topological polar surface area (TPSA) is 61.8 Å². The van der Waals surface area contributed by atoms with Gasteiger partial charge in [-0.1, -0.05) is 19.8 Å². The van der Waals surface area contributed by atoms with Crippen LogP contribution in [0.25, 0.3) is 0 Å². The maximum absolute atomic E-state index is 8.74. The van der Waals surface area contributed by atoms with Crippen LogP contribution in [0.15, 0.2) is 18.2 Å². The van der Waals surface area contributed by atoms with Gasteiger partial charge in [0.2, 0.25) is 0 Å². The van der Waals surface area contributed by atoms with Crippen molar-refractivity contribution in [2.75, 3.05) is 17.6 Å². The van der Waals surface area contributed by atoms with Gasteiger partial charge in [-0.15, -0.1) is 0 Å². The van der Waals surface area contributed by atoms with Gasteiger partial charge in [-0.25, -0.2) is 0 Å². The summed E-state index contributed by atoms with van der Waals surface area (Å²) in [5.74, 6) is 0. The number of nitrogens with two attached hydrogens (primary N) is 1. The van der Waals surface area contributed by atoms with E-state index >= 15 is 0 Å². The van der Waals surface area contributed by atoms with Crippen molar-refractivity contribution < 1.29 is 0 Å². The van der Waals surface area contributed by atoms with Gasteiger partial charge < -0.3 is 11.1 Å². The first-order valence-electron chi connectivity index (χ1n) is 5.31. The fourth-order valence-electron chi connectivity index (χ4n) is 1.38. The van der Waals surface area contributed by atoms with Gasteiger partial charge in [0.15, 0.2) is 0 Å². The van der Waals surface area contributed by atoms with Crippen LogP contribution < -0.4 is 11.1 Å². The molecule has 0 fully saturated rings. The van der Waals surface area contributed by atoms with Gasteiger partial charge in [0.25, 0.3) is 0 Å². The third-order valence-corrected chi connectivity index (χ3v) is 2.28. The minimum absolute atomic E-state index is 0.641. The van der Waals surface area contributed by atoms with Gasteiger partial charge in [-0.05, 0) is 24.6 Å². The number of nitrogen functional groups attached to an aromatic ring is 1. The third-order valence-electron chi connectivity index (χ3n) is 2.28. The van der Waals surface area contributed by atoms with Gasteiger partial charge in [0, 0.05) is 6.54 Å². The second-order valence-electron chi connectivity index (χ2n) is 3.55. The van der Waals surface area contributed by atoms with Crippen LogP contribution in [0.3, 0.4) is 0 Å². The molecule has 0 spiro atoms. The molecule has 0 aliphatic rings. The third kappa shape index (κ3) is 3.51. The molecule has 3 N–H and O–H groups in total. The molecule has 0 saturated heterocycles. The molecular weight excluding hydrogens is 186 g/mol. The molecule has 0 atom stereocenters. The van der Waals surface area contributed by atoms with E-state index in [1.54, 1.807) is 18.2 Å². The Morgan fingerprint density at radius 3 is 2.87 bits per heavy atom. The largest absolute Gasteiger partial charge is 0.397 e. The molecule has 15 heavy (non-hydrogen) atoms. The Labute approximate surface area is 90.9 Å². The van der Waals surface area contributed by atoms with Crippen LogP contribution in [-0.2, 0) is 0 Å². The molecule has 0 aliphatic heterocycles. The van der Waals surface area contributed by atoms with Crippen LogP contribution in [-0.4, -0.2) is 6.54 Å². The summed E-state index contributed by atoms with van der Waals surface area (Å²) in [7, 11) is 0. The summed E-state index contributed by atoms with van der Waals surface area (Å²) >= 11 is 0. The molecular formula is C12H17N3. The van der Waals surface area contributed by atoms with E-state index in [4.69, 9.17) is 11.0 Å². The van der Waals surface area contributed by atoms with E-state index in [0.717, 1.165) is 18.7 Å². The minimum atomic E-state index is 0.641. The number of nitriles is 1. The molecule has 1 aromatic rings. The zero-order chi connectivity index (χ0) is 11.1. The highest BCUT2D eigenvalue weighted by Crippen LogP contribution is 2.19. The summed E-state index contributed by atoms with van der Waals surface area (Å²) in [6.07, 6.45) is 3.55. The van der Waals surface area contributed by atoms with Crippen LogP contribution >= 0.6 is 0 Å². The molecule has 1 rings (SSSR count). The highest BCUT2D eigenvalue weighted by atomic mass is 14.9. The zero-order valence-electron chi connectivity index (χ0n) is 9.09. The van der Waals surface area contributed by atoms with Crippen LogP contribution in [0.4, 0.5) is 11.4 Å². The monoisotopic (exact) mass is 203 g/mol. The molecule has 0 heterocycles. The Balaban J connectivity index is 2.56. The van der Waals surface area contributed by atoms with E-state index in [1.807, 2.05) is 0 Å². The smallest absolute Gasteiger partial charge is 0.0992 e. The second kappa shape index (κ2) is 5.92. The molecule has 80 valence electrons. The summed E-state index contributed by atoms with van der Waals surface area (Å²) in [5.41, 5.74) is 7.99. The molecule has 0 saturated carbocycles. The molecule has 0 bridgehead atoms. The zero-order valence-corrected chi connectivity index (χ0v) is 9.09. The number of nitrogens with zero attached hydrogens (tertiary/aromatic N) is 1. The van der Waals surface area contributed by atoms with E-state index in [1.165, 1.54) is 12.8 Å². The van der Waals surface area contributed by atoms with Crippen LogP contribution in [0.2, 0.25) is 0 Å². The highest BCUT2D eigenvalue weighted by Gasteiger charge is 1.99. The molecule has 0 unspecified atom stereocenters. The molecule has 0 aromatic heterocycles. The number of rotatable bonds is 5. The lowest BCUT2D eigenvalue weighted by Gasteiger charge is -2.08. The quantitative estimate of drug-likeness (QED) is 0.571. The Kier molecular flexibility index (Phi) is 4.49. The van der Waals surface area contributed by atoms with Crippen molar-refractivity contribution in [2.24, 2.45) is 0 Å². The normalized spacial score (nSPS) is 9.60. The Bertz CT molecular complexity index is 352. The number of anilines is 2. The van der Waals surface area contributed by atoms with E-state index in [0.29, 0.717) is 11.3 Å². The first-order valence-corrected chi connectivity index (χ1v) is 5.31. The summed E-state index contributed by atoms with van der Waals surface area (Å²) < 4.78 is 0. The first-order chi connectivity index (χ1) is 7.27. The number of nitrogens with one attached hydrogen (secondary N) is 1. The summed E-state index contributed by atoms with van der Waals surface area (Å²) in [5, 5.41) is 12.0. The molecule has 3 nitrogen and oxygen atoms in total. The van der Waals surface area contributed by atoms with Crippen LogP contribution in [0.1, 0.15) is 31.7 Å². The highest BCUT2D eigenvalue weighted by molar-refractivity contribution is 5.68. The van der Waals surface area contributed by atoms with E-state index < -0.39 is 0 Å².